The highest BCUT2D eigenvalue weighted by atomic mass is 15.1. The number of rotatable bonds is 3. The molecule has 2 aromatic rings. The topological polar surface area (TPSA) is 27.0 Å². The van der Waals surface area contributed by atoms with E-state index in [4.69, 9.17) is 0 Å². The van der Waals surface area contributed by atoms with Crippen molar-refractivity contribution in [3.05, 3.63) is 96.2 Å². The van der Waals surface area contributed by atoms with Crippen molar-refractivity contribution in [2.45, 2.75) is 13.8 Å². The Hall–Kier alpha value is -3.05. The predicted octanol–water partition coefficient (Wildman–Crippen LogP) is 5.75. The first kappa shape index (κ1) is 15.8. The summed E-state index contributed by atoms with van der Waals surface area (Å²) in [6.45, 7) is 4.12. The van der Waals surface area contributed by atoms with Crippen molar-refractivity contribution in [3.8, 4) is 6.07 Å². The molecule has 2 nitrogen and oxygen atoms in total. The van der Waals surface area contributed by atoms with Crippen LogP contribution in [0.2, 0.25) is 0 Å². The minimum absolute atomic E-state index is 0.272. The van der Waals surface area contributed by atoms with Crippen molar-refractivity contribution in [1.82, 2.24) is 0 Å². The maximum absolute atomic E-state index is 9.42. The summed E-state index contributed by atoms with van der Waals surface area (Å²) in [4.78, 5) is 2.20. The van der Waals surface area contributed by atoms with Gasteiger partial charge in [-0.1, -0.05) is 56.3 Å². The highest BCUT2D eigenvalue weighted by molar-refractivity contribution is 5.70. The smallest absolute Gasteiger partial charge is 0.0956 e. The van der Waals surface area contributed by atoms with Gasteiger partial charge in [-0.3, -0.25) is 0 Å². The number of benzene rings is 2. The lowest BCUT2D eigenvalue weighted by Crippen LogP contribution is -2.15. The molecule has 24 heavy (non-hydrogen) atoms. The molecule has 0 aromatic heterocycles. The Kier molecular flexibility index (Phi) is 4.35. The van der Waals surface area contributed by atoms with Crippen molar-refractivity contribution >= 4 is 11.4 Å². The van der Waals surface area contributed by atoms with E-state index in [9.17, 15) is 5.26 Å². The third-order valence-corrected chi connectivity index (χ3v) is 4.19. The zero-order chi connectivity index (χ0) is 17.0. The lowest BCUT2D eigenvalue weighted by molar-refractivity contribution is 0.599. The van der Waals surface area contributed by atoms with Gasteiger partial charge in [-0.15, -0.1) is 0 Å². The zero-order valence-electron chi connectivity index (χ0n) is 14.0. The number of hydrogen-bond donors (Lipinski definition) is 0. The third kappa shape index (κ3) is 3.16. The minimum atomic E-state index is -0.272. The van der Waals surface area contributed by atoms with Crippen LogP contribution in [0.4, 0.5) is 11.4 Å². The Labute approximate surface area is 143 Å². The molecule has 0 saturated heterocycles. The SMILES string of the molecule is CC1(C)C=CC(N(c2ccccc2)c2ccccc2)=CC=C1C#N. The second-order valence-corrected chi connectivity index (χ2v) is 6.35. The third-order valence-electron chi connectivity index (χ3n) is 4.19. The van der Waals surface area contributed by atoms with Gasteiger partial charge in [0, 0.05) is 28.1 Å². The van der Waals surface area contributed by atoms with E-state index in [1.54, 1.807) is 0 Å². The average molecular weight is 312 g/mol. The summed E-state index contributed by atoms with van der Waals surface area (Å²) in [5.41, 5.74) is 3.70. The first-order chi connectivity index (χ1) is 11.6. The monoisotopic (exact) mass is 312 g/mol. The van der Waals surface area contributed by atoms with Crippen LogP contribution in [0.25, 0.3) is 0 Å². The van der Waals surface area contributed by atoms with E-state index in [0.717, 1.165) is 22.6 Å². The van der Waals surface area contributed by atoms with Gasteiger partial charge in [-0.25, -0.2) is 0 Å². The Bertz CT molecular complexity index is 795. The number of para-hydroxylation sites is 2. The molecule has 1 aliphatic carbocycles. The molecule has 2 heteroatoms. The van der Waals surface area contributed by atoms with Gasteiger partial charge < -0.3 is 4.90 Å². The summed E-state index contributed by atoms with van der Waals surface area (Å²) in [6.07, 6.45) is 8.14. The fourth-order valence-corrected chi connectivity index (χ4v) is 2.75. The lowest BCUT2D eigenvalue weighted by Gasteiger charge is -2.26. The summed E-state index contributed by atoms with van der Waals surface area (Å²) in [6, 6.07) is 22.8. The molecule has 0 heterocycles. The second kappa shape index (κ2) is 6.60. The van der Waals surface area contributed by atoms with Crippen LogP contribution in [0.15, 0.2) is 96.2 Å². The Morgan fingerprint density at radius 1 is 0.833 bits per heavy atom. The second-order valence-electron chi connectivity index (χ2n) is 6.35. The molecule has 0 fully saturated rings. The van der Waals surface area contributed by atoms with Crippen LogP contribution in [0, 0.1) is 16.7 Å². The zero-order valence-corrected chi connectivity index (χ0v) is 14.0. The summed E-state index contributed by atoms with van der Waals surface area (Å²) in [5, 5.41) is 9.42. The van der Waals surface area contributed by atoms with Gasteiger partial charge in [0.25, 0.3) is 0 Å². The largest absolute Gasteiger partial charge is 0.311 e. The van der Waals surface area contributed by atoms with E-state index in [1.165, 1.54) is 0 Å². The summed E-state index contributed by atoms with van der Waals surface area (Å²) in [7, 11) is 0. The normalized spacial score (nSPS) is 15.7. The molecule has 0 N–H and O–H groups in total. The molecule has 1 aliphatic rings. The van der Waals surface area contributed by atoms with E-state index < -0.39 is 0 Å². The van der Waals surface area contributed by atoms with Crippen molar-refractivity contribution in [3.63, 3.8) is 0 Å². The molecule has 118 valence electrons. The molecule has 0 aliphatic heterocycles. The molecule has 0 bridgehead atoms. The Balaban J connectivity index is 2.13. The number of nitriles is 1. The van der Waals surface area contributed by atoms with E-state index in [-0.39, 0.29) is 5.41 Å². The molecule has 0 spiro atoms. The van der Waals surface area contributed by atoms with Gasteiger partial charge in [0.15, 0.2) is 0 Å². The van der Waals surface area contributed by atoms with Crippen molar-refractivity contribution in [2.24, 2.45) is 5.41 Å². The maximum atomic E-state index is 9.42. The molecule has 0 unspecified atom stereocenters. The van der Waals surface area contributed by atoms with E-state index in [2.05, 4.69) is 61.2 Å². The number of hydrogen-bond acceptors (Lipinski definition) is 2. The molecular formula is C22H20N2. The van der Waals surface area contributed by atoms with Crippen LogP contribution >= 0.6 is 0 Å². The Morgan fingerprint density at radius 2 is 1.38 bits per heavy atom. The molecule has 3 rings (SSSR count). The van der Waals surface area contributed by atoms with Crippen LogP contribution in [-0.4, -0.2) is 0 Å². The van der Waals surface area contributed by atoms with E-state index in [1.807, 2.05) is 48.6 Å². The van der Waals surface area contributed by atoms with Crippen molar-refractivity contribution in [2.75, 3.05) is 4.90 Å². The lowest BCUT2D eigenvalue weighted by atomic mass is 9.85. The van der Waals surface area contributed by atoms with Gasteiger partial charge in [0.2, 0.25) is 0 Å². The van der Waals surface area contributed by atoms with Crippen molar-refractivity contribution in [1.29, 1.82) is 5.26 Å². The number of allylic oxidation sites excluding steroid dienone is 5. The molecule has 0 amide bonds. The van der Waals surface area contributed by atoms with Gasteiger partial charge in [-0.05, 0) is 42.5 Å². The van der Waals surface area contributed by atoms with Gasteiger partial charge >= 0.3 is 0 Å². The molecule has 2 aromatic carbocycles. The molecule has 0 atom stereocenters. The maximum Gasteiger partial charge on any atom is 0.0956 e. The molecule has 0 radical (unpaired) electrons. The minimum Gasteiger partial charge on any atom is -0.311 e. The van der Waals surface area contributed by atoms with Crippen LogP contribution in [0.3, 0.4) is 0 Å². The Morgan fingerprint density at radius 3 is 1.88 bits per heavy atom. The van der Waals surface area contributed by atoms with Crippen LogP contribution < -0.4 is 4.90 Å². The van der Waals surface area contributed by atoms with Crippen LogP contribution in [0.5, 0.6) is 0 Å². The predicted molar refractivity (Wildman–Crippen MR) is 99.7 cm³/mol. The van der Waals surface area contributed by atoms with Crippen molar-refractivity contribution < 1.29 is 0 Å². The first-order valence-corrected chi connectivity index (χ1v) is 8.04. The summed E-state index contributed by atoms with van der Waals surface area (Å²) < 4.78 is 0. The summed E-state index contributed by atoms with van der Waals surface area (Å²) in [5.74, 6) is 0. The number of anilines is 2. The van der Waals surface area contributed by atoms with Crippen LogP contribution in [0.1, 0.15) is 13.8 Å². The van der Waals surface area contributed by atoms with Crippen LogP contribution in [-0.2, 0) is 0 Å². The van der Waals surface area contributed by atoms with E-state index in [0.29, 0.717) is 0 Å². The highest BCUT2D eigenvalue weighted by Crippen LogP contribution is 2.35. The quantitative estimate of drug-likeness (QED) is 0.721. The standard InChI is InChI=1S/C22H20N2/c1-22(2)16-15-21(14-13-18(22)17-23)24(19-9-5-3-6-10-19)20-11-7-4-8-12-20/h3-16H,1-2H3. The van der Waals surface area contributed by atoms with Gasteiger partial charge in [0.05, 0.1) is 6.07 Å². The highest BCUT2D eigenvalue weighted by Gasteiger charge is 2.23. The average Bonchev–Trinajstić information content (AvgIpc) is 2.75. The van der Waals surface area contributed by atoms with Gasteiger partial charge in [-0.2, -0.15) is 5.26 Å². The summed E-state index contributed by atoms with van der Waals surface area (Å²) >= 11 is 0. The molecule has 0 saturated carbocycles. The fraction of sp³-hybridized carbons (Fsp3) is 0.136. The van der Waals surface area contributed by atoms with Gasteiger partial charge in [0.1, 0.15) is 0 Å². The first-order valence-electron chi connectivity index (χ1n) is 8.04. The fourth-order valence-electron chi connectivity index (χ4n) is 2.75. The number of nitrogens with zero attached hydrogens (tertiary/aromatic N) is 2. The molecular weight excluding hydrogens is 292 g/mol. The van der Waals surface area contributed by atoms with E-state index >= 15 is 0 Å².